The zero-order chi connectivity index (χ0) is 17.1. The van der Waals surface area contributed by atoms with Crippen LogP contribution in [0.15, 0.2) is 41.8 Å². The standard InChI is InChI=1S/C17H18N6OS/c24-16(12-23-20-17(19-21-23)15-8-5-11-25-15)18-13-6-1-2-7-14(13)22-9-3-4-10-22/h1-2,5-8,11H,3-4,9-10,12H2,(H,18,24). The molecule has 0 radical (unpaired) electrons. The maximum Gasteiger partial charge on any atom is 0.248 e. The number of carbonyl (C=O) groups excluding carboxylic acids is 1. The van der Waals surface area contributed by atoms with Crippen molar-refractivity contribution in [2.45, 2.75) is 19.4 Å². The van der Waals surface area contributed by atoms with Crippen molar-refractivity contribution in [2.75, 3.05) is 23.3 Å². The first-order chi connectivity index (χ1) is 12.3. The Labute approximate surface area is 149 Å². The van der Waals surface area contributed by atoms with Crippen LogP contribution in [0.5, 0.6) is 0 Å². The number of aromatic nitrogens is 4. The number of amides is 1. The molecule has 1 amide bonds. The number of anilines is 2. The molecule has 1 saturated heterocycles. The van der Waals surface area contributed by atoms with E-state index in [0.29, 0.717) is 5.82 Å². The summed E-state index contributed by atoms with van der Waals surface area (Å²) in [5.41, 5.74) is 1.90. The van der Waals surface area contributed by atoms with Gasteiger partial charge in [0.2, 0.25) is 11.7 Å². The SMILES string of the molecule is O=C(Cn1nnc(-c2cccs2)n1)Nc1ccccc1N1CCCC1. The van der Waals surface area contributed by atoms with E-state index in [1.165, 1.54) is 17.6 Å². The van der Waals surface area contributed by atoms with E-state index in [0.717, 1.165) is 29.3 Å². The van der Waals surface area contributed by atoms with E-state index in [2.05, 4.69) is 25.6 Å². The Hall–Kier alpha value is -2.74. The smallest absolute Gasteiger partial charge is 0.248 e. The first-order valence-electron chi connectivity index (χ1n) is 8.25. The molecule has 1 aliphatic heterocycles. The van der Waals surface area contributed by atoms with Crippen molar-refractivity contribution in [2.24, 2.45) is 0 Å². The number of nitrogens with zero attached hydrogens (tertiary/aromatic N) is 5. The van der Waals surface area contributed by atoms with Crippen LogP contribution in [0.1, 0.15) is 12.8 Å². The largest absolute Gasteiger partial charge is 0.370 e. The minimum atomic E-state index is -0.165. The summed E-state index contributed by atoms with van der Waals surface area (Å²) in [4.78, 5) is 17.0. The van der Waals surface area contributed by atoms with Crippen molar-refractivity contribution in [3.63, 3.8) is 0 Å². The summed E-state index contributed by atoms with van der Waals surface area (Å²) < 4.78 is 0. The summed E-state index contributed by atoms with van der Waals surface area (Å²) >= 11 is 1.54. The van der Waals surface area contributed by atoms with E-state index in [9.17, 15) is 4.79 Å². The third-order valence-electron chi connectivity index (χ3n) is 4.10. The molecule has 2 aromatic heterocycles. The lowest BCUT2D eigenvalue weighted by atomic mass is 10.2. The lowest BCUT2D eigenvalue weighted by molar-refractivity contribution is -0.117. The molecule has 0 unspecified atom stereocenters. The van der Waals surface area contributed by atoms with E-state index < -0.39 is 0 Å². The Kier molecular flexibility index (Phi) is 4.43. The molecule has 128 valence electrons. The maximum absolute atomic E-state index is 12.4. The van der Waals surface area contributed by atoms with E-state index in [4.69, 9.17) is 0 Å². The quantitative estimate of drug-likeness (QED) is 0.762. The van der Waals surface area contributed by atoms with Crippen LogP contribution >= 0.6 is 11.3 Å². The van der Waals surface area contributed by atoms with Crippen molar-refractivity contribution in [3.05, 3.63) is 41.8 Å². The highest BCUT2D eigenvalue weighted by Crippen LogP contribution is 2.28. The first kappa shape index (κ1) is 15.8. The molecule has 0 aliphatic carbocycles. The maximum atomic E-state index is 12.4. The van der Waals surface area contributed by atoms with E-state index in [1.54, 1.807) is 11.3 Å². The molecule has 7 nitrogen and oxygen atoms in total. The van der Waals surface area contributed by atoms with E-state index >= 15 is 0 Å². The molecule has 1 aliphatic rings. The Bertz CT molecular complexity index is 854. The molecular weight excluding hydrogens is 336 g/mol. The van der Waals surface area contributed by atoms with Gasteiger partial charge in [-0.3, -0.25) is 4.79 Å². The molecule has 0 atom stereocenters. The summed E-state index contributed by atoms with van der Waals surface area (Å²) in [6.45, 7) is 2.09. The predicted octanol–water partition coefficient (Wildman–Crippen LogP) is 2.64. The number of carbonyl (C=O) groups is 1. The molecule has 25 heavy (non-hydrogen) atoms. The molecule has 0 saturated carbocycles. The fourth-order valence-electron chi connectivity index (χ4n) is 2.95. The number of thiophene rings is 1. The highest BCUT2D eigenvalue weighted by molar-refractivity contribution is 7.13. The topological polar surface area (TPSA) is 75.9 Å². The van der Waals surface area contributed by atoms with Crippen LogP contribution < -0.4 is 10.2 Å². The molecular formula is C17H18N6OS. The third-order valence-corrected chi connectivity index (χ3v) is 4.97. The van der Waals surface area contributed by atoms with Crippen LogP contribution in [0.4, 0.5) is 11.4 Å². The van der Waals surface area contributed by atoms with Crippen molar-refractivity contribution in [1.29, 1.82) is 0 Å². The van der Waals surface area contributed by atoms with Crippen molar-refractivity contribution in [1.82, 2.24) is 20.2 Å². The second-order valence-electron chi connectivity index (χ2n) is 5.88. The van der Waals surface area contributed by atoms with E-state index in [1.807, 2.05) is 41.8 Å². The number of nitrogens with one attached hydrogen (secondary N) is 1. The number of hydrogen-bond acceptors (Lipinski definition) is 6. The van der Waals surface area contributed by atoms with Crippen LogP contribution in [-0.4, -0.2) is 39.2 Å². The van der Waals surface area contributed by atoms with Gasteiger partial charge in [0.15, 0.2) is 0 Å². The second-order valence-corrected chi connectivity index (χ2v) is 6.83. The van der Waals surface area contributed by atoms with Gasteiger partial charge in [0.1, 0.15) is 6.54 Å². The van der Waals surface area contributed by atoms with Gasteiger partial charge in [0.05, 0.1) is 16.3 Å². The molecule has 1 fully saturated rings. The minimum absolute atomic E-state index is 0.0344. The second kappa shape index (κ2) is 7.02. The van der Waals surface area contributed by atoms with Gasteiger partial charge in [0.25, 0.3) is 0 Å². The van der Waals surface area contributed by atoms with Crippen LogP contribution in [0.25, 0.3) is 10.7 Å². The van der Waals surface area contributed by atoms with Crippen LogP contribution in [0.2, 0.25) is 0 Å². The van der Waals surface area contributed by atoms with Crippen LogP contribution in [-0.2, 0) is 11.3 Å². The Morgan fingerprint density at radius 2 is 2.00 bits per heavy atom. The lowest BCUT2D eigenvalue weighted by Crippen LogP contribution is -2.24. The highest BCUT2D eigenvalue weighted by Gasteiger charge is 2.17. The summed E-state index contributed by atoms with van der Waals surface area (Å²) in [5.74, 6) is 0.377. The van der Waals surface area contributed by atoms with Gasteiger partial charge in [-0.05, 0) is 41.6 Å². The normalized spacial score (nSPS) is 14.0. The minimum Gasteiger partial charge on any atom is -0.370 e. The average Bonchev–Trinajstić information content (AvgIpc) is 3.37. The van der Waals surface area contributed by atoms with Crippen LogP contribution in [0, 0.1) is 0 Å². The van der Waals surface area contributed by atoms with Gasteiger partial charge in [-0.15, -0.1) is 21.5 Å². The first-order valence-corrected chi connectivity index (χ1v) is 9.13. The molecule has 8 heteroatoms. The summed E-state index contributed by atoms with van der Waals surface area (Å²) in [5, 5.41) is 17.2. The fourth-order valence-corrected chi connectivity index (χ4v) is 3.59. The molecule has 3 heterocycles. The Balaban J connectivity index is 1.44. The number of benzene rings is 1. The zero-order valence-electron chi connectivity index (χ0n) is 13.6. The van der Waals surface area contributed by atoms with Crippen molar-refractivity contribution < 1.29 is 4.79 Å². The molecule has 3 aromatic rings. The lowest BCUT2D eigenvalue weighted by Gasteiger charge is -2.21. The number of para-hydroxylation sites is 2. The Morgan fingerprint density at radius 1 is 1.16 bits per heavy atom. The fraction of sp³-hybridized carbons (Fsp3) is 0.294. The summed E-state index contributed by atoms with van der Waals surface area (Å²) in [6.07, 6.45) is 2.38. The van der Waals surface area contributed by atoms with Gasteiger partial charge in [-0.25, -0.2) is 0 Å². The highest BCUT2D eigenvalue weighted by atomic mass is 32.1. The van der Waals surface area contributed by atoms with Gasteiger partial charge in [-0.2, -0.15) is 4.80 Å². The molecule has 4 rings (SSSR count). The van der Waals surface area contributed by atoms with Gasteiger partial charge in [-0.1, -0.05) is 18.2 Å². The molecule has 0 spiro atoms. The van der Waals surface area contributed by atoms with Gasteiger partial charge in [0, 0.05) is 13.1 Å². The van der Waals surface area contributed by atoms with Crippen molar-refractivity contribution >= 4 is 28.6 Å². The molecule has 1 N–H and O–H groups in total. The third kappa shape index (κ3) is 3.53. The van der Waals surface area contributed by atoms with Crippen molar-refractivity contribution in [3.8, 4) is 10.7 Å². The number of tetrazole rings is 1. The number of rotatable bonds is 5. The average molecular weight is 354 g/mol. The predicted molar refractivity (Wildman–Crippen MR) is 97.6 cm³/mol. The number of hydrogen-bond donors (Lipinski definition) is 1. The summed E-state index contributed by atoms with van der Waals surface area (Å²) in [6, 6.07) is 11.8. The Morgan fingerprint density at radius 3 is 2.80 bits per heavy atom. The van der Waals surface area contributed by atoms with Gasteiger partial charge >= 0.3 is 0 Å². The summed E-state index contributed by atoms with van der Waals surface area (Å²) in [7, 11) is 0. The zero-order valence-corrected chi connectivity index (χ0v) is 14.4. The van der Waals surface area contributed by atoms with Crippen LogP contribution in [0.3, 0.4) is 0 Å². The molecule has 0 bridgehead atoms. The van der Waals surface area contributed by atoms with E-state index in [-0.39, 0.29) is 12.5 Å². The molecule has 1 aromatic carbocycles. The van der Waals surface area contributed by atoms with Gasteiger partial charge < -0.3 is 10.2 Å². The monoisotopic (exact) mass is 354 g/mol.